The van der Waals surface area contributed by atoms with E-state index in [1.165, 1.54) is 49.6 Å². The second kappa shape index (κ2) is 16.9. The Kier molecular flexibility index (Phi) is 9.84. The van der Waals surface area contributed by atoms with Crippen LogP contribution >= 0.6 is 0 Å². The van der Waals surface area contributed by atoms with E-state index >= 15 is 0 Å². The van der Waals surface area contributed by atoms with Crippen LogP contribution in [0, 0.1) is 0 Å². The summed E-state index contributed by atoms with van der Waals surface area (Å²) in [4.78, 5) is 2.36. The predicted molar refractivity (Wildman–Crippen MR) is 290 cm³/mol. The van der Waals surface area contributed by atoms with E-state index in [2.05, 4.69) is 264 Å². The Balaban J connectivity index is 0.876. The number of nitrogens with zero attached hydrogens (tertiary/aromatic N) is 2. The Labute approximate surface area is 401 Å². The zero-order valence-electron chi connectivity index (χ0n) is 37.7. The van der Waals surface area contributed by atoms with Crippen LogP contribution in [-0.4, -0.2) is 4.57 Å². The summed E-state index contributed by atoms with van der Waals surface area (Å²) in [6.07, 6.45) is 0. The lowest BCUT2D eigenvalue weighted by molar-refractivity contribution is 0.670. The molecule has 0 N–H and O–H groups in total. The first-order valence-electron chi connectivity index (χ1n) is 23.6. The summed E-state index contributed by atoms with van der Waals surface area (Å²) in [6, 6.07) is 96.0. The molecule has 0 bridgehead atoms. The van der Waals surface area contributed by atoms with Crippen LogP contribution in [0.2, 0.25) is 0 Å². The first-order chi connectivity index (χ1) is 34.2. The van der Waals surface area contributed by atoms with Crippen LogP contribution in [0.25, 0.3) is 105 Å². The maximum Gasteiger partial charge on any atom is 0.143 e. The predicted octanol–water partition coefficient (Wildman–Crippen LogP) is 18.5. The van der Waals surface area contributed by atoms with Crippen molar-refractivity contribution in [1.82, 2.24) is 4.57 Å². The molecule has 3 heteroatoms. The zero-order chi connectivity index (χ0) is 45.7. The molecule has 0 amide bonds. The van der Waals surface area contributed by atoms with Gasteiger partial charge in [0.15, 0.2) is 0 Å². The lowest BCUT2D eigenvalue weighted by atomic mass is 9.97. The first-order valence-corrected chi connectivity index (χ1v) is 23.6. The van der Waals surface area contributed by atoms with Gasteiger partial charge in [-0.1, -0.05) is 200 Å². The molecular formula is C66H44N2O. The largest absolute Gasteiger partial charge is 0.455 e. The molecule has 0 aliphatic rings. The highest BCUT2D eigenvalue weighted by atomic mass is 16.3. The second-order valence-electron chi connectivity index (χ2n) is 17.7. The number of rotatable bonds is 9. The molecule has 0 spiro atoms. The van der Waals surface area contributed by atoms with Crippen molar-refractivity contribution >= 4 is 60.8 Å². The van der Waals surface area contributed by atoms with Gasteiger partial charge in [-0.15, -0.1) is 0 Å². The quantitative estimate of drug-likeness (QED) is 0.144. The molecule has 3 nitrogen and oxygen atoms in total. The van der Waals surface area contributed by atoms with Gasteiger partial charge < -0.3 is 13.9 Å². The number of anilines is 3. The van der Waals surface area contributed by atoms with Crippen LogP contribution in [0.5, 0.6) is 0 Å². The van der Waals surface area contributed by atoms with E-state index in [0.29, 0.717) is 0 Å². The number of hydrogen-bond donors (Lipinski definition) is 0. The minimum Gasteiger partial charge on any atom is -0.455 e. The second-order valence-corrected chi connectivity index (χ2v) is 17.7. The van der Waals surface area contributed by atoms with Crippen LogP contribution in [0.15, 0.2) is 271 Å². The Bertz CT molecular complexity index is 3940. The molecule has 0 fully saturated rings. The third-order valence-corrected chi connectivity index (χ3v) is 13.6. The van der Waals surface area contributed by atoms with Crippen molar-refractivity contribution in [3.05, 3.63) is 267 Å². The highest BCUT2D eigenvalue weighted by Gasteiger charge is 2.18. The fourth-order valence-electron chi connectivity index (χ4n) is 10.3. The molecule has 2 heterocycles. The van der Waals surface area contributed by atoms with Crippen LogP contribution in [0.4, 0.5) is 17.1 Å². The average Bonchev–Trinajstić information content (AvgIpc) is 3.98. The first kappa shape index (κ1) is 40.1. The topological polar surface area (TPSA) is 21.3 Å². The molecule has 2 aromatic heterocycles. The normalized spacial score (nSPS) is 11.5. The van der Waals surface area contributed by atoms with Crippen LogP contribution in [0.3, 0.4) is 0 Å². The molecule has 0 radical (unpaired) electrons. The van der Waals surface area contributed by atoms with E-state index in [-0.39, 0.29) is 0 Å². The van der Waals surface area contributed by atoms with Gasteiger partial charge in [-0.25, -0.2) is 0 Å². The van der Waals surface area contributed by atoms with E-state index in [0.717, 1.165) is 72.5 Å². The molecule has 69 heavy (non-hydrogen) atoms. The molecule has 0 aliphatic heterocycles. The van der Waals surface area contributed by atoms with Gasteiger partial charge in [0.05, 0.1) is 16.7 Å². The number of para-hydroxylation sites is 5. The van der Waals surface area contributed by atoms with Gasteiger partial charge in [-0.05, 0) is 111 Å². The third kappa shape index (κ3) is 7.16. The molecule has 0 saturated heterocycles. The lowest BCUT2D eigenvalue weighted by Crippen LogP contribution is -2.10. The summed E-state index contributed by atoms with van der Waals surface area (Å²) in [5.41, 5.74) is 20.1. The van der Waals surface area contributed by atoms with Gasteiger partial charge >= 0.3 is 0 Å². The van der Waals surface area contributed by atoms with Crippen molar-refractivity contribution in [2.75, 3.05) is 4.90 Å². The molecular weight excluding hydrogens is 837 g/mol. The monoisotopic (exact) mass is 880 g/mol. The van der Waals surface area contributed by atoms with Crippen LogP contribution in [-0.2, 0) is 0 Å². The average molecular weight is 881 g/mol. The molecule has 0 atom stereocenters. The van der Waals surface area contributed by atoms with E-state index in [1.54, 1.807) is 0 Å². The number of furan rings is 1. The summed E-state index contributed by atoms with van der Waals surface area (Å²) in [5.74, 6) is 0. The van der Waals surface area contributed by atoms with Crippen LogP contribution in [0.1, 0.15) is 0 Å². The fourth-order valence-corrected chi connectivity index (χ4v) is 10.3. The molecule has 11 aromatic carbocycles. The van der Waals surface area contributed by atoms with E-state index in [9.17, 15) is 0 Å². The highest BCUT2D eigenvalue weighted by molar-refractivity contribution is 6.11. The highest BCUT2D eigenvalue weighted by Crippen LogP contribution is 2.42. The van der Waals surface area contributed by atoms with Gasteiger partial charge in [0.2, 0.25) is 0 Å². The lowest BCUT2D eigenvalue weighted by Gasteiger charge is -2.26. The Morgan fingerprint density at radius 1 is 0.275 bits per heavy atom. The number of fused-ring (bicyclic) bond motifs is 6. The number of aromatic nitrogens is 1. The van der Waals surface area contributed by atoms with E-state index in [4.69, 9.17) is 4.42 Å². The molecule has 0 saturated carbocycles. The van der Waals surface area contributed by atoms with Crippen molar-refractivity contribution in [3.63, 3.8) is 0 Å². The zero-order valence-corrected chi connectivity index (χ0v) is 37.7. The maximum absolute atomic E-state index is 6.46. The number of hydrogen-bond acceptors (Lipinski definition) is 2. The molecule has 0 unspecified atom stereocenters. The summed E-state index contributed by atoms with van der Waals surface area (Å²) in [5, 5.41) is 4.77. The van der Waals surface area contributed by atoms with Crippen LogP contribution < -0.4 is 4.90 Å². The Morgan fingerprint density at radius 2 is 0.739 bits per heavy atom. The van der Waals surface area contributed by atoms with Crippen molar-refractivity contribution in [3.8, 4) is 61.3 Å². The van der Waals surface area contributed by atoms with E-state index in [1.807, 2.05) is 12.1 Å². The fraction of sp³-hybridized carbons (Fsp3) is 0. The molecule has 324 valence electrons. The third-order valence-electron chi connectivity index (χ3n) is 13.6. The summed E-state index contributed by atoms with van der Waals surface area (Å²) < 4.78 is 8.88. The summed E-state index contributed by atoms with van der Waals surface area (Å²) >= 11 is 0. The minimum atomic E-state index is 0.900. The Hall–Kier alpha value is -9.18. The standard InChI is InChI=1S/C66H44N2O/c1-2-15-45(16-3-1)46-31-33-47(34-32-46)51-18-13-20-55(44-51)67(54-41-37-49(38-42-54)57-25-14-26-61-60-24-7-11-30-65(60)69-66(57)61)53-39-35-48(36-40-53)50-17-12-19-52(43-50)56-21-4-8-27-62(56)68-63-28-9-5-22-58(63)59-23-6-10-29-64(59)68/h1-44H. The summed E-state index contributed by atoms with van der Waals surface area (Å²) in [7, 11) is 0. The molecule has 0 aliphatic carbocycles. The SMILES string of the molecule is c1ccc(-c2ccc(-c3cccc(N(c4ccc(-c5cccc(-c6ccccc6-n6c7ccccc7c7ccccc76)c5)cc4)c4ccc(-c5cccc6c5oc5ccccc56)cc4)c3)cc2)cc1. The Morgan fingerprint density at radius 3 is 1.45 bits per heavy atom. The van der Waals surface area contributed by atoms with Crippen molar-refractivity contribution < 1.29 is 4.42 Å². The van der Waals surface area contributed by atoms with Gasteiger partial charge in [-0.2, -0.15) is 0 Å². The maximum atomic E-state index is 6.46. The van der Waals surface area contributed by atoms with E-state index < -0.39 is 0 Å². The molecule has 13 rings (SSSR count). The molecule has 13 aromatic rings. The number of benzene rings is 11. The van der Waals surface area contributed by atoms with Crippen molar-refractivity contribution in [2.24, 2.45) is 0 Å². The summed E-state index contributed by atoms with van der Waals surface area (Å²) in [6.45, 7) is 0. The minimum absolute atomic E-state index is 0.900. The van der Waals surface area contributed by atoms with Crippen molar-refractivity contribution in [2.45, 2.75) is 0 Å². The van der Waals surface area contributed by atoms with Gasteiger partial charge in [0, 0.05) is 49.7 Å². The van der Waals surface area contributed by atoms with Crippen molar-refractivity contribution in [1.29, 1.82) is 0 Å². The van der Waals surface area contributed by atoms with Gasteiger partial charge in [0.25, 0.3) is 0 Å². The smallest absolute Gasteiger partial charge is 0.143 e. The van der Waals surface area contributed by atoms with Gasteiger partial charge in [-0.3, -0.25) is 0 Å². The van der Waals surface area contributed by atoms with Gasteiger partial charge in [0.1, 0.15) is 11.2 Å².